The van der Waals surface area contributed by atoms with Gasteiger partial charge in [0.2, 0.25) is 5.91 Å². The van der Waals surface area contributed by atoms with E-state index in [9.17, 15) is 22.8 Å². The molecule has 0 spiro atoms. The summed E-state index contributed by atoms with van der Waals surface area (Å²) < 4.78 is 37.1. The fraction of sp³-hybridized carbons (Fsp3) is 0.375. The molecule has 0 aliphatic heterocycles. The van der Waals surface area contributed by atoms with Gasteiger partial charge in [-0.05, 0) is 55.7 Å². The van der Waals surface area contributed by atoms with Gasteiger partial charge in [0.05, 0.1) is 41.5 Å². The van der Waals surface area contributed by atoms with E-state index in [1.807, 2.05) is 38.1 Å². The van der Waals surface area contributed by atoms with Gasteiger partial charge < -0.3 is 25.1 Å². The van der Waals surface area contributed by atoms with Crippen molar-refractivity contribution in [2.75, 3.05) is 7.11 Å². The maximum atomic E-state index is 13.3. The number of methoxy groups -OCH3 is 1. The number of aromatic nitrogens is 3. The number of nitrogens with one attached hydrogen (secondary N) is 3. The highest BCUT2D eigenvalue weighted by Crippen LogP contribution is 2.30. The average Bonchev–Trinajstić information content (AvgIpc) is 3.62. The molecule has 46 heavy (non-hydrogen) atoms. The Bertz CT molecular complexity index is 1670. The van der Waals surface area contributed by atoms with E-state index in [0.29, 0.717) is 35.1 Å². The van der Waals surface area contributed by atoms with Gasteiger partial charge >= 0.3 is 12.1 Å². The van der Waals surface area contributed by atoms with Crippen LogP contribution in [0.3, 0.4) is 0 Å². The lowest BCUT2D eigenvalue weighted by molar-refractivity contribution is -0.192. The number of aliphatic carboxylic acids is 1. The standard InChI is InChI=1S/C30H34Cl2N4O3.C2HF3O2/c1-4-20(37)8-6-5-7-9-27(30-33-17-28(36-30)19-10-12-24(31)25(32)14-19)35-29(38)16-22-18(2)34-26-13-11-21(39-3)15-23(22)26;3-2(4,5)1(6)7/h10-15,17,27,34H,4-9,16H2,1-3H3,(H,33,36)(H,35,38);(H,6,7)/t27-;/m0./s1. The van der Waals surface area contributed by atoms with E-state index >= 15 is 0 Å². The van der Waals surface area contributed by atoms with Crippen LogP contribution in [-0.2, 0) is 20.8 Å². The maximum absolute atomic E-state index is 13.3. The van der Waals surface area contributed by atoms with Crippen LogP contribution in [0, 0.1) is 6.92 Å². The number of nitrogens with zero attached hydrogens (tertiary/aromatic N) is 1. The fourth-order valence-corrected chi connectivity index (χ4v) is 5.05. The molecule has 0 fully saturated rings. The van der Waals surface area contributed by atoms with E-state index in [1.54, 1.807) is 25.4 Å². The number of unbranched alkanes of at least 4 members (excludes halogenated alkanes) is 2. The SMILES string of the molecule is CCC(=O)CCCCC[C@H](NC(=O)Cc1c(C)[nH]c2ccc(OC)cc12)c1ncc(-c2ccc(Cl)c(Cl)c2)[nH]1.O=C(O)C(F)(F)F. The van der Waals surface area contributed by atoms with E-state index in [2.05, 4.69) is 20.3 Å². The number of ketones is 1. The van der Waals surface area contributed by atoms with Crippen molar-refractivity contribution in [1.82, 2.24) is 20.3 Å². The Morgan fingerprint density at radius 1 is 1.04 bits per heavy atom. The number of alkyl halides is 3. The molecule has 4 rings (SSSR count). The zero-order chi connectivity index (χ0) is 34.0. The minimum Gasteiger partial charge on any atom is -0.497 e. The number of aryl methyl sites for hydroxylation is 1. The number of rotatable bonds is 13. The molecule has 4 aromatic rings. The van der Waals surface area contributed by atoms with E-state index < -0.39 is 12.1 Å². The molecule has 4 N–H and O–H groups in total. The number of benzene rings is 2. The second-order valence-electron chi connectivity index (χ2n) is 10.5. The Morgan fingerprint density at radius 2 is 1.76 bits per heavy atom. The largest absolute Gasteiger partial charge is 0.497 e. The number of hydrogen-bond acceptors (Lipinski definition) is 5. The zero-order valence-corrected chi connectivity index (χ0v) is 27.0. The van der Waals surface area contributed by atoms with Crippen LogP contribution >= 0.6 is 23.2 Å². The van der Waals surface area contributed by atoms with Crippen LogP contribution in [0.2, 0.25) is 10.0 Å². The van der Waals surface area contributed by atoms with Crippen LogP contribution < -0.4 is 10.1 Å². The van der Waals surface area contributed by atoms with Crippen molar-refractivity contribution in [3.8, 4) is 17.0 Å². The number of carbonyl (C=O) groups excluding carboxylic acids is 2. The average molecular weight is 684 g/mol. The highest BCUT2D eigenvalue weighted by molar-refractivity contribution is 6.42. The summed E-state index contributed by atoms with van der Waals surface area (Å²) in [5.74, 6) is -1.16. The van der Waals surface area contributed by atoms with Gasteiger partial charge in [-0.15, -0.1) is 0 Å². The lowest BCUT2D eigenvalue weighted by Crippen LogP contribution is -2.30. The first-order valence-electron chi connectivity index (χ1n) is 14.5. The number of aromatic amines is 2. The Balaban J connectivity index is 0.000000738. The number of imidazole rings is 1. The van der Waals surface area contributed by atoms with E-state index in [1.165, 1.54) is 0 Å². The van der Waals surface area contributed by atoms with Crippen LogP contribution in [0.1, 0.15) is 68.6 Å². The molecule has 1 amide bonds. The van der Waals surface area contributed by atoms with Gasteiger partial charge in [0.25, 0.3) is 0 Å². The van der Waals surface area contributed by atoms with E-state index in [4.69, 9.17) is 37.8 Å². The summed E-state index contributed by atoms with van der Waals surface area (Å²) in [6.07, 6.45) is 1.34. The minimum absolute atomic E-state index is 0.0968. The molecule has 0 saturated heterocycles. The minimum atomic E-state index is -5.08. The molecule has 0 aliphatic carbocycles. The molecular weight excluding hydrogens is 648 g/mol. The Kier molecular flexibility index (Phi) is 13.1. The van der Waals surface area contributed by atoms with Crippen LogP contribution in [0.5, 0.6) is 5.75 Å². The maximum Gasteiger partial charge on any atom is 0.490 e. The molecule has 0 radical (unpaired) electrons. The smallest absolute Gasteiger partial charge is 0.490 e. The van der Waals surface area contributed by atoms with Crippen molar-refractivity contribution in [3.63, 3.8) is 0 Å². The van der Waals surface area contributed by atoms with Crippen LogP contribution in [0.4, 0.5) is 13.2 Å². The highest BCUT2D eigenvalue weighted by atomic mass is 35.5. The normalized spacial score (nSPS) is 11.9. The first-order chi connectivity index (χ1) is 21.7. The van der Waals surface area contributed by atoms with Crippen LogP contribution in [0.25, 0.3) is 22.2 Å². The third kappa shape index (κ3) is 10.2. The quantitative estimate of drug-likeness (QED) is 0.105. The van der Waals surface area contributed by atoms with Gasteiger partial charge in [-0.25, -0.2) is 9.78 Å². The molecule has 0 saturated carbocycles. The summed E-state index contributed by atoms with van der Waals surface area (Å²) in [7, 11) is 1.63. The molecule has 0 unspecified atom stereocenters. The molecule has 248 valence electrons. The molecule has 1 atom stereocenters. The number of hydrogen-bond donors (Lipinski definition) is 4. The summed E-state index contributed by atoms with van der Waals surface area (Å²) in [6, 6.07) is 10.9. The second-order valence-corrected chi connectivity index (χ2v) is 11.4. The molecule has 2 heterocycles. The molecule has 0 aliphatic rings. The number of ether oxygens (including phenoxy) is 1. The number of fused-ring (bicyclic) bond motifs is 1. The molecule has 0 bridgehead atoms. The van der Waals surface area contributed by atoms with Gasteiger partial charge in [0.15, 0.2) is 0 Å². The lowest BCUT2D eigenvalue weighted by Gasteiger charge is -2.17. The number of H-pyrrole nitrogens is 2. The highest BCUT2D eigenvalue weighted by Gasteiger charge is 2.38. The van der Waals surface area contributed by atoms with E-state index in [0.717, 1.165) is 58.4 Å². The molecule has 14 heteroatoms. The molecule has 2 aromatic heterocycles. The molecular formula is C32H35Cl2F3N4O5. The van der Waals surface area contributed by atoms with Gasteiger partial charge in [0, 0.05) is 35.0 Å². The number of halogens is 5. The van der Waals surface area contributed by atoms with Crippen molar-refractivity contribution in [2.24, 2.45) is 0 Å². The Morgan fingerprint density at radius 3 is 2.39 bits per heavy atom. The fourth-order valence-electron chi connectivity index (χ4n) is 4.75. The van der Waals surface area contributed by atoms with Crippen molar-refractivity contribution in [2.45, 2.75) is 71.0 Å². The summed E-state index contributed by atoms with van der Waals surface area (Å²) in [4.78, 5) is 45.2. The predicted molar refractivity (Wildman–Crippen MR) is 170 cm³/mol. The monoisotopic (exact) mass is 682 g/mol. The van der Waals surface area contributed by atoms with E-state index in [-0.39, 0.29) is 24.2 Å². The summed E-state index contributed by atoms with van der Waals surface area (Å²) in [5.41, 5.74) is 4.50. The summed E-state index contributed by atoms with van der Waals surface area (Å²) in [6.45, 7) is 3.86. The van der Waals surface area contributed by atoms with Crippen molar-refractivity contribution in [1.29, 1.82) is 0 Å². The van der Waals surface area contributed by atoms with Gasteiger partial charge in [-0.3, -0.25) is 9.59 Å². The number of carboxylic acids is 1. The summed E-state index contributed by atoms with van der Waals surface area (Å²) in [5, 5.41) is 12.2. The first kappa shape index (κ1) is 36.4. The van der Waals surface area contributed by atoms with Gasteiger partial charge in [0.1, 0.15) is 17.4 Å². The molecule has 9 nitrogen and oxygen atoms in total. The van der Waals surface area contributed by atoms with Crippen LogP contribution in [-0.4, -0.2) is 51.0 Å². The summed E-state index contributed by atoms with van der Waals surface area (Å²) >= 11 is 12.3. The second kappa shape index (κ2) is 16.5. The Hall–Kier alpha value is -4.03. The third-order valence-electron chi connectivity index (χ3n) is 7.24. The number of amides is 1. The molecule has 2 aromatic carbocycles. The van der Waals surface area contributed by atoms with Crippen molar-refractivity contribution >= 4 is 51.8 Å². The topological polar surface area (TPSA) is 137 Å². The number of carboxylic acid groups (broad SMARTS) is 1. The van der Waals surface area contributed by atoms with Crippen molar-refractivity contribution < 1.29 is 37.4 Å². The zero-order valence-electron chi connectivity index (χ0n) is 25.5. The Labute approximate surface area is 273 Å². The van der Waals surface area contributed by atoms with Crippen molar-refractivity contribution in [3.05, 3.63) is 69.7 Å². The van der Waals surface area contributed by atoms with Gasteiger partial charge in [-0.2, -0.15) is 13.2 Å². The van der Waals surface area contributed by atoms with Crippen LogP contribution in [0.15, 0.2) is 42.6 Å². The van der Waals surface area contributed by atoms with Gasteiger partial charge in [-0.1, -0.05) is 49.0 Å². The first-order valence-corrected chi connectivity index (χ1v) is 15.3. The third-order valence-corrected chi connectivity index (χ3v) is 7.98. The predicted octanol–water partition coefficient (Wildman–Crippen LogP) is 8.14. The number of Topliss-reactive ketones (excluding diaryl/α,β-unsaturated/α-hetero) is 1. The lowest BCUT2D eigenvalue weighted by atomic mass is 10.0. The number of carbonyl (C=O) groups is 3.